The largest absolute Gasteiger partial charge is 0.411 e. The molecular formula is C12H24O2Si. The Kier molecular flexibility index (Phi) is 2.39. The fourth-order valence-electron chi connectivity index (χ4n) is 2.20. The lowest BCUT2D eigenvalue weighted by atomic mass is 10.1. The SMILES string of the molecule is CC(C)(C)[Si](C)(C)O[C@@H]1CC[C@@H]2O[C@@]21C. The maximum absolute atomic E-state index is 6.43. The summed E-state index contributed by atoms with van der Waals surface area (Å²) in [7, 11) is -1.61. The quantitative estimate of drug-likeness (QED) is 0.534. The highest BCUT2D eigenvalue weighted by Crippen LogP contribution is 2.53. The molecule has 0 aromatic heterocycles. The van der Waals surface area contributed by atoms with E-state index in [9.17, 15) is 0 Å². The summed E-state index contributed by atoms with van der Waals surface area (Å²) >= 11 is 0. The van der Waals surface area contributed by atoms with Gasteiger partial charge in [0.2, 0.25) is 0 Å². The molecule has 0 radical (unpaired) electrons. The van der Waals surface area contributed by atoms with Crippen LogP contribution in [0, 0.1) is 0 Å². The molecular weight excluding hydrogens is 204 g/mol. The number of ether oxygens (including phenoxy) is 1. The molecule has 1 saturated heterocycles. The van der Waals surface area contributed by atoms with Crippen molar-refractivity contribution in [3.8, 4) is 0 Å². The Bertz CT molecular complexity index is 267. The highest BCUT2D eigenvalue weighted by Gasteiger charge is 2.63. The van der Waals surface area contributed by atoms with Crippen molar-refractivity contribution in [3.05, 3.63) is 0 Å². The molecule has 2 fully saturated rings. The molecule has 0 aromatic rings. The van der Waals surface area contributed by atoms with Gasteiger partial charge in [-0.2, -0.15) is 0 Å². The predicted octanol–water partition coefficient (Wildman–Crippen LogP) is 3.33. The summed E-state index contributed by atoms with van der Waals surface area (Å²) in [5.74, 6) is 0. The minimum atomic E-state index is -1.61. The molecule has 15 heavy (non-hydrogen) atoms. The average molecular weight is 228 g/mol. The van der Waals surface area contributed by atoms with Crippen LogP contribution in [0.5, 0.6) is 0 Å². The lowest BCUT2D eigenvalue weighted by Gasteiger charge is -2.39. The van der Waals surface area contributed by atoms with Crippen LogP contribution in [-0.4, -0.2) is 26.1 Å². The highest BCUT2D eigenvalue weighted by atomic mass is 28.4. The monoisotopic (exact) mass is 228 g/mol. The first-order valence-electron chi connectivity index (χ1n) is 6.02. The third kappa shape index (κ3) is 1.79. The van der Waals surface area contributed by atoms with Crippen LogP contribution in [0.15, 0.2) is 0 Å². The normalized spacial score (nSPS) is 40.4. The van der Waals surface area contributed by atoms with E-state index in [4.69, 9.17) is 9.16 Å². The van der Waals surface area contributed by atoms with E-state index in [0.717, 1.165) is 0 Å². The van der Waals surface area contributed by atoms with Gasteiger partial charge in [0.15, 0.2) is 8.32 Å². The lowest BCUT2D eigenvalue weighted by Crippen LogP contribution is -2.46. The van der Waals surface area contributed by atoms with Crippen LogP contribution in [0.3, 0.4) is 0 Å². The van der Waals surface area contributed by atoms with E-state index >= 15 is 0 Å². The molecule has 0 bridgehead atoms. The van der Waals surface area contributed by atoms with Crippen LogP contribution in [0.1, 0.15) is 40.5 Å². The fourth-order valence-corrected chi connectivity index (χ4v) is 3.62. The van der Waals surface area contributed by atoms with Crippen molar-refractivity contribution in [2.75, 3.05) is 0 Å². The van der Waals surface area contributed by atoms with E-state index in [-0.39, 0.29) is 5.60 Å². The zero-order valence-corrected chi connectivity index (χ0v) is 11.9. The van der Waals surface area contributed by atoms with Gasteiger partial charge in [0, 0.05) is 0 Å². The van der Waals surface area contributed by atoms with Gasteiger partial charge >= 0.3 is 0 Å². The Morgan fingerprint density at radius 3 is 2.20 bits per heavy atom. The van der Waals surface area contributed by atoms with Gasteiger partial charge in [-0.15, -0.1) is 0 Å². The Balaban J connectivity index is 2.03. The molecule has 1 aliphatic heterocycles. The molecule has 1 heterocycles. The van der Waals surface area contributed by atoms with E-state index < -0.39 is 8.32 Å². The second kappa shape index (κ2) is 3.08. The van der Waals surface area contributed by atoms with Crippen molar-refractivity contribution in [3.63, 3.8) is 0 Å². The third-order valence-electron chi connectivity index (χ3n) is 4.55. The molecule has 3 heteroatoms. The van der Waals surface area contributed by atoms with E-state index in [1.54, 1.807) is 0 Å². The average Bonchev–Trinajstić information content (AvgIpc) is 2.61. The summed E-state index contributed by atoms with van der Waals surface area (Å²) in [6.45, 7) is 13.7. The van der Waals surface area contributed by atoms with Gasteiger partial charge in [-0.05, 0) is 37.9 Å². The van der Waals surface area contributed by atoms with Gasteiger partial charge in [0.25, 0.3) is 0 Å². The van der Waals surface area contributed by atoms with E-state index in [1.165, 1.54) is 12.8 Å². The van der Waals surface area contributed by atoms with Crippen LogP contribution in [0.2, 0.25) is 18.1 Å². The van der Waals surface area contributed by atoms with Crippen molar-refractivity contribution in [1.29, 1.82) is 0 Å². The molecule has 0 spiro atoms. The number of rotatable bonds is 2. The van der Waals surface area contributed by atoms with Crippen molar-refractivity contribution < 1.29 is 9.16 Å². The third-order valence-corrected chi connectivity index (χ3v) is 9.04. The fraction of sp³-hybridized carbons (Fsp3) is 1.00. The molecule has 0 unspecified atom stereocenters. The molecule has 0 N–H and O–H groups in total. The molecule has 3 atom stereocenters. The lowest BCUT2D eigenvalue weighted by molar-refractivity contribution is 0.0825. The van der Waals surface area contributed by atoms with Gasteiger partial charge in [-0.25, -0.2) is 0 Å². The standard InChI is InChI=1S/C12H24O2Si/c1-11(2,3)15(5,6)14-10-8-7-9-12(10,4)13-9/h9-10H,7-8H2,1-6H3/t9-,10+,12-/m0/s1. The number of epoxide rings is 1. The maximum Gasteiger partial charge on any atom is 0.192 e. The van der Waals surface area contributed by atoms with E-state index in [0.29, 0.717) is 17.2 Å². The van der Waals surface area contributed by atoms with Crippen LogP contribution >= 0.6 is 0 Å². The maximum atomic E-state index is 6.43. The molecule has 1 saturated carbocycles. The van der Waals surface area contributed by atoms with E-state index in [1.807, 2.05) is 0 Å². The Hall–Kier alpha value is 0.137. The molecule has 2 nitrogen and oxygen atoms in total. The first kappa shape index (κ1) is 11.6. The number of hydrogen-bond acceptors (Lipinski definition) is 2. The predicted molar refractivity (Wildman–Crippen MR) is 64.6 cm³/mol. The van der Waals surface area contributed by atoms with Gasteiger partial charge in [0.1, 0.15) is 5.60 Å². The van der Waals surface area contributed by atoms with Crippen LogP contribution in [-0.2, 0) is 9.16 Å². The summed E-state index contributed by atoms with van der Waals surface area (Å²) < 4.78 is 12.1. The summed E-state index contributed by atoms with van der Waals surface area (Å²) in [5.41, 5.74) is 0.0650. The van der Waals surface area contributed by atoms with Crippen molar-refractivity contribution >= 4 is 8.32 Å². The first-order valence-corrected chi connectivity index (χ1v) is 8.93. The molecule has 1 aliphatic carbocycles. The number of fused-ring (bicyclic) bond motifs is 1. The van der Waals surface area contributed by atoms with Crippen LogP contribution in [0.4, 0.5) is 0 Å². The molecule has 0 aromatic carbocycles. The Labute approximate surface area is 94.5 Å². The van der Waals surface area contributed by atoms with Crippen LogP contribution < -0.4 is 0 Å². The van der Waals surface area contributed by atoms with E-state index in [2.05, 4.69) is 40.8 Å². The van der Waals surface area contributed by atoms with Crippen molar-refractivity contribution in [1.82, 2.24) is 0 Å². The van der Waals surface area contributed by atoms with Crippen molar-refractivity contribution in [2.45, 2.75) is 76.5 Å². The highest BCUT2D eigenvalue weighted by molar-refractivity contribution is 6.74. The van der Waals surface area contributed by atoms with Crippen LogP contribution in [0.25, 0.3) is 0 Å². The summed E-state index contributed by atoms with van der Waals surface area (Å²) in [5, 5.41) is 0.302. The van der Waals surface area contributed by atoms with Gasteiger partial charge in [0.05, 0.1) is 12.2 Å². The second-order valence-electron chi connectivity index (χ2n) is 6.73. The van der Waals surface area contributed by atoms with Crippen molar-refractivity contribution in [2.24, 2.45) is 0 Å². The summed E-state index contributed by atoms with van der Waals surface area (Å²) in [6, 6.07) is 0. The minimum absolute atomic E-state index is 0.0650. The molecule has 2 aliphatic rings. The topological polar surface area (TPSA) is 21.8 Å². The summed E-state index contributed by atoms with van der Waals surface area (Å²) in [4.78, 5) is 0. The van der Waals surface area contributed by atoms with Gasteiger partial charge < -0.3 is 9.16 Å². The molecule has 0 amide bonds. The molecule has 88 valence electrons. The Morgan fingerprint density at radius 1 is 1.27 bits per heavy atom. The van der Waals surface area contributed by atoms with Gasteiger partial charge in [-0.1, -0.05) is 20.8 Å². The zero-order valence-electron chi connectivity index (χ0n) is 10.9. The Morgan fingerprint density at radius 2 is 1.87 bits per heavy atom. The minimum Gasteiger partial charge on any atom is -0.411 e. The summed E-state index contributed by atoms with van der Waals surface area (Å²) in [6.07, 6.45) is 3.22. The smallest absolute Gasteiger partial charge is 0.192 e. The zero-order chi connectivity index (χ0) is 11.5. The second-order valence-corrected chi connectivity index (χ2v) is 11.5. The number of hydrogen-bond donors (Lipinski definition) is 0. The van der Waals surface area contributed by atoms with Gasteiger partial charge in [-0.3, -0.25) is 0 Å². The first-order chi connectivity index (χ1) is 6.67. The molecule has 2 rings (SSSR count).